The van der Waals surface area contributed by atoms with Gasteiger partial charge < -0.3 is 10.1 Å². The molecule has 3 unspecified atom stereocenters. The molecule has 1 saturated carbocycles. The van der Waals surface area contributed by atoms with Gasteiger partial charge in [0.2, 0.25) is 0 Å². The van der Waals surface area contributed by atoms with Gasteiger partial charge in [-0.15, -0.1) is 0 Å². The molecule has 0 bridgehead atoms. The van der Waals surface area contributed by atoms with Crippen molar-refractivity contribution >= 4 is 0 Å². The minimum atomic E-state index is 0.293. The van der Waals surface area contributed by atoms with Crippen molar-refractivity contribution in [3.63, 3.8) is 0 Å². The highest BCUT2D eigenvalue weighted by Crippen LogP contribution is 2.33. The van der Waals surface area contributed by atoms with Gasteiger partial charge in [0, 0.05) is 6.04 Å². The van der Waals surface area contributed by atoms with Crippen molar-refractivity contribution in [2.45, 2.75) is 59.1 Å². The number of aryl methyl sites for hydroxylation is 2. The van der Waals surface area contributed by atoms with E-state index in [-0.39, 0.29) is 0 Å². The highest BCUT2D eigenvalue weighted by molar-refractivity contribution is 5.36. The fraction of sp³-hybridized carbons (Fsp3) is 0.667. The third-order valence-corrected chi connectivity index (χ3v) is 4.77. The first kappa shape index (κ1) is 15.4. The van der Waals surface area contributed by atoms with Crippen molar-refractivity contribution in [2.24, 2.45) is 11.8 Å². The first-order valence-corrected chi connectivity index (χ1v) is 7.92. The highest BCUT2D eigenvalue weighted by atomic mass is 16.5. The predicted molar refractivity (Wildman–Crippen MR) is 85.4 cm³/mol. The number of likely N-dealkylation sites (N-methyl/N-ethyl adjacent to an activating group) is 1. The van der Waals surface area contributed by atoms with Gasteiger partial charge >= 0.3 is 0 Å². The van der Waals surface area contributed by atoms with Crippen molar-refractivity contribution in [1.82, 2.24) is 5.32 Å². The van der Waals surface area contributed by atoms with E-state index in [4.69, 9.17) is 4.74 Å². The molecular formula is C18H29NO. The van der Waals surface area contributed by atoms with E-state index in [9.17, 15) is 0 Å². The molecule has 0 heterocycles. The van der Waals surface area contributed by atoms with Crippen molar-refractivity contribution in [1.29, 1.82) is 0 Å². The molecule has 1 N–H and O–H groups in total. The van der Waals surface area contributed by atoms with Crippen molar-refractivity contribution in [3.05, 3.63) is 29.3 Å². The molecule has 1 aliphatic carbocycles. The number of ether oxygens (including phenoxy) is 1. The van der Waals surface area contributed by atoms with Crippen molar-refractivity contribution in [2.75, 3.05) is 7.05 Å². The lowest BCUT2D eigenvalue weighted by atomic mass is 9.78. The molecule has 1 aromatic rings. The minimum Gasteiger partial charge on any atom is -0.489 e. The van der Waals surface area contributed by atoms with Crippen molar-refractivity contribution in [3.8, 4) is 5.75 Å². The van der Waals surface area contributed by atoms with Crippen LogP contribution in [0.15, 0.2) is 18.2 Å². The zero-order valence-corrected chi connectivity index (χ0v) is 13.6. The zero-order valence-electron chi connectivity index (χ0n) is 13.6. The first-order chi connectivity index (χ1) is 9.51. The minimum absolute atomic E-state index is 0.293. The standard InChI is InChI=1S/C18H29NO/c1-12(2)15-8-9-16(19-5)18(11-15)20-17-10-13(3)6-7-14(17)4/h6-7,10,12,15-16,18-19H,8-9,11H2,1-5H3. The average Bonchev–Trinajstić information content (AvgIpc) is 2.42. The van der Waals surface area contributed by atoms with Gasteiger partial charge in [0.1, 0.15) is 11.9 Å². The average molecular weight is 275 g/mol. The molecule has 20 heavy (non-hydrogen) atoms. The summed E-state index contributed by atoms with van der Waals surface area (Å²) in [5, 5.41) is 3.44. The van der Waals surface area contributed by atoms with E-state index in [2.05, 4.69) is 58.3 Å². The molecule has 1 aliphatic rings. The second-order valence-electron chi connectivity index (χ2n) is 6.64. The largest absolute Gasteiger partial charge is 0.489 e. The topological polar surface area (TPSA) is 21.3 Å². The molecule has 0 aromatic heterocycles. The van der Waals surface area contributed by atoms with Crippen LogP contribution in [0.25, 0.3) is 0 Å². The summed E-state index contributed by atoms with van der Waals surface area (Å²) in [7, 11) is 2.06. The molecule has 2 rings (SSSR count). The van der Waals surface area contributed by atoms with Crippen LogP contribution in [0.5, 0.6) is 5.75 Å². The van der Waals surface area contributed by atoms with Gasteiger partial charge in [-0.05, 0) is 69.2 Å². The third-order valence-electron chi connectivity index (χ3n) is 4.77. The van der Waals surface area contributed by atoms with Gasteiger partial charge in [-0.1, -0.05) is 26.0 Å². The summed E-state index contributed by atoms with van der Waals surface area (Å²) in [5.74, 6) is 2.59. The maximum absolute atomic E-state index is 6.39. The van der Waals surface area contributed by atoms with E-state index >= 15 is 0 Å². The van der Waals surface area contributed by atoms with Crippen LogP contribution in [0.1, 0.15) is 44.2 Å². The van der Waals surface area contributed by atoms with Gasteiger partial charge in [0.05, 0.1) is 0 Å². The van der Waals surface area contributed by atoms with Crippen molar-refractivity contribution < 1.29 is 4.74 Å². The summed E-state index contributed by atoms with van der Waals surface area (Å²) in [4.78, 5) is 0. The van der Waals surface area contributed by atoms with Crippen LogP contribution in [0.2, 0.25) is 0 Å². The lowest BCUT2D eigenvalue weighted by molar-refractivity contribution is 0.0744. The Kier molecular flexibility index (Phi) is 5.09. The third kappa shape index (κ3) is 3.54. The van der Waals surface area contributed by atoms with E-state index in [0.717, 1.165) is 24.0 Å². The molecule has 0 radical (unpaired) electrons. The van der Waals surface area contributed by atoms with Crippen LogP contribution in [0.4, 0.5) is 0 Å². The van der Waals surface area contributed by atoms with Crippen LogP contribution in [-0.2, 0) is 0 Å². The molecule has 0 saturated heterocycles. The van der Waals surface area contributed by atoms with Gasteiger partial charge in [0.25, 0.3) is 0 Å². The second-order valence-corrected chi connectivity index (χ2v) is 6.64. The fourth-order valence-electron chi connectivity index (χ4n) is 3.22. The highest BCUT2D eigenvalue weighted by Gasteiger charge is 2.32. The number of nitrogens with one attached hydrogen (secondary N) is 1. The van der Waals surface area contributed by atoms with Crippen LogP contribution in [0.3, 0.4) is 0 Å². The zero-order chi connectivity index (χ0) is 14.7. The maximum atomic E-state index is 6.39. The Labute approximate surface area is 123 Å². The molecule has 112 valence electrons. The van der Waals surface area contributed by atoms with Gasteiger partial charge in [-0.2, -0.15) is 0 Å². The Morgan fingerprint density at radius 2 is 1.95 bits per heavy atom. The number of hydrogen-bond acceptors (Lipinski definition) is 2. The van der Waals surface area contributed by atoms with Crippen LogP contribution in [0, 0.1) is 25.7 Å². The smallest absolute Gasteiger partial charge is 0.122 e. The Morgan fingerprint density at radius 3 is 2.60 bits per heavy atom. The molecule has 0 spiro atoms. The summed E-state index contributed by atoms with van der Waals surface area (Å²) in [6.45, 7) is 8.92. The fourth-order valence-corrected chi connectivity index (χ4v) is 3.22. The molecule has 1 aromatic carbocycles. The predicted octanol–water partition coefficient (Wildman–Crippen LogP) is 4.09. The quantitative estimate of drug-likeness (QED) is 0.893. The SMILES string of the molecule is CNC1CCC(C(C)C)CC1Oc1cc(C)ccc1C. The van der Waals surface area contributed by atoms with Gasteiger partial charge in [0.15, 0.2) is 0 Å². The van der Waals surface area contributed by atoms with E-state index in [1.165, 1.54) is 24.0 Å². The number of hydrogen-bond donors (Lipinski definition) is 1. The molecular weight excluding hydrogens is 246 g/mol. The number of rotatable bonds is 4. The van der Waals surface area contributed by atoms with E-state index in [1.807, 2.05) is 0 Å². The Morgan fingerprint density at radius 1 is 1.20 bits per heavy atom. The summed E-state index contributed by atoms with van der Waals surface area (Å²) >= 11 is 0. The molecule has 0 amide bonds. The summed E-state index contributed by atoms with van der Waals surface area (Å²) in [6.07, 6.45) is 3.99. The lowest BCUT2D eigenvalue weighted by Crippen LogP contribution is -2.46. The maximum Gasteiger partial charge on any atom is 0.122 e. The van der Waals surface area contributed by atoms with Crippen LogP contribution < -0.4 is 10.1 Å². The van der Waals surface area contributed by atoms with Crippen LogP contribution >= 0.6 is 0 Å². The van der Waals surface area contributed by atoms with Gasteiger partial charge in [-0.3, -0.25) is 0 Å². The normalized spacial score (nSPS) is 26.8. The Balaban J connectivity index is 2.13. The molecule has 2 nitrogen and oxygen atoms in total. The molecule has 3 atom stereocenters. The monoisotopic (exact) mass is 275 g/mol. The van der Waals surface area contributed by atoms with Crippen LogP contribution in [-0.4, -0.2) is 19.2 Å². The second kappa shape index (κ2) is 6.62. The Hall–Kier alpha value is -1.02. The van der Waals surface area contributed by atoms with E-state index in [0.29, 0.717) is 12.1 Å². The van der Waals surface area contributed by atoms with Gasteiger partial charge in [-0.25, -0.2) is 0 Å². The molecule has 2 heteroatoms. The first-order valence-electron chi connectivity index (χ1n) is 7.92. The summed E-state index contributed by atoms with van der Waals surface area (Å²) in [6, 6.07) is 6.95. The van der Waals surface area contributed by atoms with E-state index in [1.54, 1.807) is 0 Å². The lowest BCUT2D eigenvalue weighted by Gasteiger charge is -2.38. The summed E-state index contributed by atoms with van der Waals surface area (Å²) in [5.41, 5.74) is 2.50. The number of benzene rings is 1. The molecule has 0 aliphatic heterocycles. The Bertz CT molecular complexity index is 441. The molecule has 1 fully saturated rings. The van der Waals surface area contributed by atoms with E-state index < -0.39 is 0 Å². The summed E-state index contributed by atoms with van der Waals surface area (Å²) < 4.78 is 6.39.